The number of nitrogens with zero attached hydrogens (tertiary/aromatic N) is 3. The van der Waals surface area contributed by atoms with Crippen LogP contribution in [-0.2, 0) is 0 Å². The highest BCUT2D eigenvalue weighted by Crippen LogP contribution is 2.37. The van der Waals surface area contributed by atoms with Crippen molar-refractivity contribution in [1.82, 2.24) is 15.6 Å². The highest BCUT2D eigenvalue weighted by molar-refractivity contribution is 7.99. The van der Waals surface area contributed by atoms with Gasteiger partial charge in [0.1, 0.15) is 16.1 Å². The maximum absolute atomic E-state index is 4.34. The largest absolute Gasteiger partial charge is 0.297 e. The molecule has 3 heterocycles. The monoisotopic (exact) mass is 308 g/mol. The van der Waals surface area contributed by atoms with Crippen LogP contribution in [0.2, 0.25) is 0 Å². The first-order valence-electron chi connectivity index (χ1n) is 5.65. The first kappa shape index (κ1) is 13.0. The van der Waals surface area contributed by atoms with Crippen LogP contribution in [0.3, 0.4) is 0 Å². The number of aromatic nitrogens is 2. The Bertz CT molecular complexity index is 610. The molecule has 0 aromatic carbocycles. The van der Waals surface area contributed by atoms with E-state index < -0.39 is 0 Å². The summed E-state index contributed by atoms with van der Waals surface area (Å²) in [5.41, 5.74) is 5.46. The van der Waals surface area contributed by atoms with Crippen molar-refractivity contribution in [1.29, 1.82) is 0 Å². The molecule has 19 heavy (non-hydrogen) atoms. The summed E-state index contributed by atoms with van der Waals surface area (Å²) in [4.78, 5) is 1.24. The Morgan fingerprint density at radius 2 is 2.00 bits per heavy atom. The summed E-state index contributed by atoms with van der Waals surface area (Å²) >= 11 is 4.95. The number of thioether (sulfide) groups is 2. The van der Waals surface area contributed by atoms with Crippen LogP contribution in [0.15, 0.2) is 32.7 Å². The first-order valence-corrected chi connectivity index (χ1v) is 8.98. The van der Waals surface area contributed by atoms with Crippen LogP contribution in [0.5, 0.6) is 0 Å². The van der Waals surface area contributed by atoms with Gasteiger partial charge in [-0.2, -0.15) is 5.10 Å². The zero-order chi connectivity index (χ0) is 13.2. The summed E-state index contributed by atoms with van der Waals surface area (Å²) in [6, 6.07) is 4.25. The number of thiophene rings is 1. The number of nitrogens with one attached hydrogen (secondary N) is 1. The number of hydrogen-bond acceptors (Lipinski definition) is 7. The number of rotatable bonds is 3. The van der Waals surface area contributed by atoms with Gasteiger partial charge in [-0.25, -0.2) is 0 Å². The minimum atomic E-state index is 0.0730. The van der Waals surface area contributed by atoms with Crippen molar-refractivity contribution in [2.75, 3.05) is 12.5 Å². The SMILES string of the molecule is CSc1nnc(SC)c2c1C=NNC2c1cccs1. The zero-order valence-corrected chi connectivity index (χ0v) is 12.9. The third-order valence-corrected chi connectivity index (χ3v) is 5.20. The van der Waals surface area contributed by atoms with Gasteiger partial charge in [0.2, 0.25) is 0 Å². The van der Waals surface area contributed by atoms with Crippen LogP contribution in [0.4, 0.5) is 0 Å². The second-order valence-electron chi connectivity index (χ2n) is 3.88. The van der Waals surface area contributed by atoms with E-state index in [2.05, 4.69) is 38.2 Å². The molecule has 2 aromatic heterocycles. The molecule has 1 aliphatic rings. The number of hydrazone groups is 1. The lowest BCUT2D eigenvalue weighted by atomic mass is 10.0. The van der Waals surface area contributed by atoms with Crippen LogP contribution in [0.1, 0.15) is 22.0 Å². The molecule has 2 aromatic rings. The van der Waals surface area contributed by atoms with E-state index in [1.807, 2.05) is 18.7 Å². The van der Waals surface area contributed by atoms with Crippen molar-refractivity contribution < 1.29 is 0 Å². The van der Waals surface area contributed by atoms with Crippen molar-refractivity contribution in [3.8, 4) is 0 Å². The van der Waals surface area contributed by atoms with E-state index in [0.717, 1.165) is 15.6 Å². The lowest BCUT2D eigenvalue weighted by Crippen LogP contribution is -2.24. The smallest absolute Gasteiger partial charge is 0.128 e. The van der Waals surface area contributed by atoms with Crippen molar-refractivity contribution in [2.45, 2.75) is 16.1 Å². The highest BCUT2D eigenvalue weighted by Gasteiger charge is 2.27. The van der Waals surface area contributed by atoms with Gasteiger partial charge >= 0.3 is 0 Å². The van der Waals surface area contributed by atoms with E-state index in [9.17, 15) is 0 Å². The van der Waals surface area contributed by atoms with Gasteiger partial charge in [-0.15, -0.1) is 45.1 Å². The second kappa shape index (κ2) is 5.52. The molecule has 4 nitrogen and oxygen atoms in total. The summed E-state index contributed by atoms with van der Waals surface area (Å²) in [5.74, 6) is 0. The molecule has 0 aliphatic carbocycles. The minimum Gasteiger partial charge on any atom is -0.297 e. The molecule has 0 saturated carbocycles. The zero-order valence-electron chi connectivity index (χ0n) is 10.5. The number of fused-ring (bicyclic) bond motifs is 1. The molecule has 1 N–H and O–H groups in total. The molecule has 7 heteroatoms. The van der Waals surface area contributed by atoms with E-state index in [1.165, 1.54) is 10.4 Å². The van der Waals surface area contributed by atoms with Gasteiger partial charge in [0, 0.05) is 16.0 Å². The van der Waals surface area contributed by atoms with Crippen LogP contribution >= 0.6 is 34.9 Å². The van der Waals surface area contributed by atoms with Crippen molar-refractivity contribution in [3.63, 3.8) is 0 Å². The highest BCUT2D eigenvalue weighted by atomic mass is 32.2. The van der Waals surface area contributed by atoms with Crippen molar-refractivity contribution in [3.05, 3.63) is 33.5 Å². The van der Waals surface area contributed by atoms with Crippen LogP contribution in [0.25, 0.3) is 0 Å². The maximum atomic E-state index is 4.34. The normalized spacial score (nSPS) is 17.1. The molecule has 1 atom stereocenters. The fraction of sp³-hybridized carbons (Fsp3) is 0.250. The van der Waals surface area contributed by atoms with Gasteiger partial charge in [0.25, 0.3) is 0 Å². The molecular formula is C12H12N4S3. The van der Waals surface area contributed by atoms with E-state index >= 15 is 0 Å². The first-order chi connectivity index (χ1) is 9.35. The van der Waals surface area contributed by atoms with Gasteiger partial charge in [-0.1, -0.05) is 6.07 Å². The molecule has 0 spiro atoms. The molecule has 1 aliphatic heterocycles. The van der Waals surface area contributed by atoms with Crippen molar-refractivity contribution in [2.24, 2.45) is 5.10 Å². The van der Waals surface area contributed by atoms with Crippen LogP contribution in [-0.4, -0.2) is 28.9 Å². The van der Waals surface area contributed by atoms with E-state index in [0.29, 0.717) is 0 Å². The molecule has 0 radical (unpaired) electrons. The Hall–Kier alpha value is -1.05. The fourth-order valence-corrected chi connectivity index (χ4v) is 3.89. The summed E-state index contributed by atoms with van der Waals surface area (Å²) in [6.07, 6.45) is 5.89. The molecule has 0 fully saturated rings. The van der Waals surface area contributed by atoms with Crippen molar-refractivity contribution >= 4 is 41.1 Å². The molecule has 1 unspecified atom stereocenters. The topological polar surface area (TPSA) is 50.2 Å². The van der Waals surface area contributed by atoms with Gasteiger partial charge in [-0.05, 0) is 24.0 Å². The average Bonchev–Trinajstić information content (AvgIpc) is 2.99. The Morgan fingerprint density at radius 1 is 1.21 bits per heavy atom. The molecule has 98 valence electrons. The summed E-state index contributed by atoms with van der Waals surface area (Å²) in [6.45, 7) is 0. The Morgan fingerprint density at radius 3 is 2.68 bits per heavy atom. The second-order valence-corrected chi connectivity index (χ2v) is 6.45. The summed E-state index contributed by atoms with van der Waals surface area (Å²) in [5, 5.41) is 16.9. The standard InChI is InChI=1S/C12H12N4S3/c1-17-11-7-6-13-14-10(8-4-3-5-19-8)9(7)12(18-2)16-15-11/h3-6,10,14H,1-2H3. The van der Waals surface area contributed by atoms with E-state index in [1.54, 1.807) is 34.9 Å². The van der Waals surface area contributed by atoms with Gasteiger partial charge in [-0.3, -0.25) is 5.43 Å². The minimum absolute atomic E-state index is 0.0730. The van der Waals surface area contributed by atoms with E-state index in [4.69, 9.17) is 0 Å². The van der Waals surface area contributed by atoms with E-state index in [-0.39, 0.29) is 6.04 Å². The third kappa shape index (κ3) is 2.26. The quantitative estimate of drug-likeness (QED) is 0.883. The molecule has 0 bridgehead atoms. The van der Waals surface area contributed by atoms with Crippen LogP contribution in [0, 0.1) is 0 Å². The number of hydrogen-bond donors (Lipinski definition) is 1. The third-order valence-electron chi connectivity index (χ3n) is 2.88. The van der Waals surface area contributed by atoms with Crippen LogP contribution < -0.4 is 5.43 Å². The maximum Gasteiger partial charge on any atom is 0.128 e. The molecule has 3 rings (SSSR count). The molecule has 0 amide bonds. The Labute approximate surface area is 124 Å². The fourth-order valence-electron chi connectivity index (χ4n) is 2.04. The lowest BCUT2D eigenvalue weighted by molar-refractivity contribution is 0.610. The van der Waals surface area contributed by atoms with Gasteiger partial charge < -0.3 is 0 Å². The average molecular weight is 308 g/mol. The van der Waals surface area contributed by atoms with Gasteiger partial charge in [0.15, 0.2) is 0 Å². The Balaban J connectivity index is 2.20. The Kier molecular flexibility index (Phi) is 3.76. The lowest BCUT2D eigenvalue weighted by Gasteiger charge is -2.24. The summed E-state index contributed by atoms with van der Waals surface area (Å²) in [7, 11) is 0. The molecule has 0 saturated heterocycles. The van der Waals surface area contributed by atoms with Gasteiger partial charge in [0.05, 0.1) is 6.21 Å². The molecular weight excluding hydrogens is 296 g/mol. The summed E-state index contributed by atoms with van der Waals surface area (Å²) < 4.78 is 0. The predicted octanol–water partition coefficient (Wildman–Crippen LogP) is 3.01. The predicted molar refractivity (Wildman–Crippen MR) is 82.5 cm³/mol.